The van der Waals surface area contributed by atoms with Crippen LogP contribution in [0.3, 0.4) is 0 Å². The third kappa shape index (κ3) is 5.97. The van der Waals surface area contributed by atoms with Crippen molar-refractivity contribution >= 4 is 5.97 Å². The molecular weight excluding hydrogens is 752 g/mol. The van der Waals surface area contributed by atoms with Gasteiger partial charge in [0.05, 0.1) is 37.1 Å². The summed E-state index contributed by atoms with van der Waals surface area (Å²) in [6.45, 7) is 16.8. The molecule has 14 nitrogen and oxygen atoms in total. The Morgan fingerprint density at radius 1 is 0.793 bits per heavy atom. The molecular formula is C44H70O14. The van der Waals surface area contributed by atoms with Crippen molar-refractivity contribution < 1.29 is 69.0 Å². The van der Waals surface area contributed by atoms with Crippen molar-refractivity contribution in [2.45, 2.75) is 186 Å². The lowest BCUT2D eigenvalue weighted by atomic mass is 9.32. The zero-order valence-electron chi connectivity index (χ0n) is 35.6. The Labute approximate surface area is 342 Å². The van der Waals surface area contributed by atoms with Crippen molar-refractivity contribution in [3.63, 3.8) is 0 Å². The van der Waals surface area contributed by atoms with Crippen LogP contribution in [0.15, 0.2) is 12.2 Å². The van der Waals surface area contributed by atoms with Gasteiger partial charge in [-0.25, -0.2) is 0 Å². The number of carbonyl (C=O) groups is 1. The van der Waals surface area contributed by atoms with E-state index >= 15 is 0 Å². The molecule has 5 aliphatic carbocycles. The summed E-state index contributed by atoms with van der Waals surface area (Å²) >= 11 is 0. The lowest BCUT2D eigenvalue weighted by Crippen LogP contribution is -2.72. The molecule has 58 heavy (non-hydrogen) atoms. The molecule has 4 saturated carbocycles. The third-order valence-corrected chi connectivity index (χ3v) is 18.2. The number of hydrogen-bond donors (Lipinski definition) is 7. The molecule has 8 rings (SSSR count). The first-order valence-corrected chi connectivity index (χ1v) is 21.8. The Hall–Kier alpha value is -1.27. The largest absolute Gasteiger partial charge is 0.463 e. The van der Waals surface area contributed by atoms with Crippen LogP contribution in [0.1, 0.15) is 107 Å². The van der Waals surface area contributed by atoms with Gasteiger partial charge >= 0.3 is 5.97 Å². The number of fused-ring (bicyclic) bond motifs is 4. The minimum absolute atomic E-state index is 0.0264. The van der Waals surface area contributed by atoms with Crippen molar-refractivity contribution in [2.24, 2.45) is 50.2 Å². The van der Waals surface area contributed by atoms with Gasteiger partial charge in [0.2, 0.25) is 0 Å². The van der Waals surface area contributed by atoms with Crippen LogP contribution < -0.4 is 0 Å². The maximum Gasteiger partial charge on any atom is 0.302 e. The molecule has 0 amide bonds. The van der Waals surface area contributed by atoms with Crippen LogP contribution in [0.5, 0.6) is 0 Å². The number of rotatable bonds is 7. The van der Waals surface area contributed by atoms with Crippen LogP contribution in [-0.4, -0.2) is 141 Å². The molecule has 14 heteroatoms. The fraction of sp³-hybridized carbons (Fsp3) is 0.932. The van der Waals surface area contributed by atoms with E-state index in [9.17, 15) is 40.5 Å². The molecule has 0 unspecified atom stereocenters. The Kier molecular flexibility index (Phi) is 10.8. The Morgan fingerprint density at radius 2 is 1.50 bits per heavy atom. The van der Waals surface area contributed by atoms with Crippen LogP contribution in [0.25, 0.3) is 0 Å². The average Bonchev–Trinajstić information content (AvgIpc) is 3.44. The predicted molar refractivity (Wildman–Crippen MR) is 206 cm³/mol. The number of carbonyl (C=O) groups excluding carboxylic acids is 1. The zero-order chi connectivity index (χ0) is 42.2. The summed E-state index contributed by atoms with van der Waals surface area (Å²) in [5.41, 5.74) is -1.98. The number of esters is 1. The van der Waals surface area contributed by atoms with E-state index < -0.39 is 97.2 Å². The molecule has 21 atom stereocenters. The number of allylic oxidation sites excluding steroid dienone is 1. The summed E-state index contributed by atoms with van der Waals surface area (Å²) in [5.74, 6) is -0.223. The monoisotopic (exact) mass is 822 g/mol. The van der Waals surface area contributed by atoms with Crippen molar-refractivity contribution in [2.75, 3.05) is 19.8 Å². The number of aliphatic hydroxyl groups is 7. The normalized spacial score (nSPS) is 57.1. The van der Waals surface area contributed by atoms with Crippen molar-refractivity contribution in [1.29, 1.82) is 0 Å². The van der Waals surface area contributed by atoms with Gasteiger partial charge in [-0.15, -0.1) is 0 Å². The van der Waals surface area contributed by atoms with Crippen LogP contribution in [0.2, 0.25) is 0 Å². The predicted octanol–water partition coefficient (Wildman–Crippen LogP) is 2.35. The summed E-state index contributed by atoms with van der Waals surface area (Å²) in [4.78, 5) is 11.4. The second-order valence-electron chi connectivity index (χ2n) is 21.6. The molecule has 0 radical (unpaired) electrons. The number of ether oxygens (including phenoxy) is 6. The van der Waals surface area contributed by atoms with Gasteiger partial charge in [0.1, 0.15) is 49.3 Å². The third-order valence-electron chi connectivity index (χ3n) is 18.2. The van der Waals surface area contributed by atoms with E-state index in [1.54, 1.807) is 6.92 Å². The van der Waals surface area contributed by atoms with Gasteiger partial charge in [-0.2, -0.15) is 0 Å². The number of aliphatic hydroxyl groups excluding tert-OH is 7. The highest BCUT2D eigenvalue weighted by Crippen LogP contribution is 2.79. The van der Waals surface area contributed by atoms with E-state index in [1.807, 2.05) is 0 Å². The van der Waals surface area contributed by atoms with Crippen LogP contribution in [-0.2, 0) is 33.2 Å². The van der Waals surface area contributed by atoms with Gasteiger partial charge in [0.25, 0.3) is 0 Å². The molecule has 3 aliphatic heterocycles. The van der Waals surface area contributed by atoms with Gasteiger partial charge in [-0.3, -0.25) is 4.79 Å². The minimum Gasteiger partial charge on any atom is -0.463 e. The maximum atomic E-state index is 12.2. The highest BCUT2D eigenvalue weighted by Gasteiger charge is 2.79. The first kappa shape index (κ1) is 43.4. The van der Waals surface area contributed by atoms with Gasteiger partial charge in [0, 0.05) is 29.1 Å². The van der Waals surface area contributed by atoms with Gasteiger partial charge < -0.3 is 64.2 Å². The van der Waals surface area contributed by atoms with Gasteiger partial charge in [-0.1, -0.05) is 53.7 Å². The molecule has 1 spiro atoms. The highest BCUT2D eigenvalue weighted by molar-refractivity contribution is 5.65. The maximum absolute atomic E-state index is 12.2. The summed E-state index contributed by atoms with van der Waals surface area (Å²) in [5, 5.41) is 78.2. The molecule has 0 aromatic carbocycles. The summed E-state index contributed by atoms with van der Waals surface area (Å²) in [7, 11) is 0. The molecule has 2 bridgehead atoms. The molecule has 7 N–H and O–H groups in total. The second kappa shape index (κ2) is 14.4. The van der Waals surface area contributed by atoms with Crippen molar-refractivity contribution in [3.8, 4) is 0 Å². The standard InChI is InChI=1S/C44H70O14/c1-22-30(48)35(58-36-33(51)32(50)31(49)24(56-36)19-53-23(2)46)34(52)37(55-22)57-29-11-12-39(5)25(40(29,6)20-45)9-13-41(7)26(39)10-14-44-27-17-38(3,4)15-16-43(27,21-54-44)28(47)18-42(41,44)8/h10,14,22,24-37,45,47-52H,9,11-13,15-21H2,1-8H3/t22-,24-,25-,26-,27-,28+,29+,30+,31-,32+,33-,34-,35+,36+,37+,39+,40+,41-,42+,43-,44+/m0/s1. The topological polar surface area (TPSA) is 214 Å². The van der Waals surface area contributed by atoms with E-state index in [2.05, 4.69) is 53.7 Å². The van der Waals surface area contributed by atoms with Crippen LogP contribution in [0, 0.1) is 50.2 Å². The SMILES string of the molecule is CC(=O)OC[C@@H]1O[C@H](O[C@H]2[C@H](O)[C@@H](O[C@@H]3CC[C@]4(C)[C@H](CC[C@@]5(C)[C@H]4C=C[C@@]46OC[C@]7(CCC(C)(C)C[C@@H]74)[C@H](O)C[C@]56C)[C@@]3(C)CO)O[C@@H](C)[C@H]2O)[C@@H](O)[C@H](O)[C@H]1O. The molecule has 8 aliphatic rings. The van der Waals surface area contributed by atoms with Crippen molar-refractivity contribution in [1.82, 2.24) is 0 Å². The Bertz CT molecular complexity index is 1610. The van der Waals surface area contributed by atoms with E-state index in [4.69, 9.17) is 28.4 Å². The fourth-order valence-corrected chi connectivity index (χ4v) is 14.5. The highest BCUT2D eigenvalue weighted by atomic mass is 16.7. The van der Waals surface area contributed by atoms with E-state index in [1.165, 1.54) is 6.92 Å². The summed E-state index contributed by atoms with van der Waals surface area (Å²) < 4.78 is 36.5. The number of hydrogen-bond acceptors (Lipinski definition) is 14. The quantitative estimate of drug-likeness (QED) is 0.112. The molecule has 3 saturated heterocycles. The van der Waals surface area contributed by atoms with Crippen molar-refractivity contribution in [3.05, 3.63) is 12.2 Å². The Balaban J connectivity index is 1.03. The average molecular weight is 823 g/mol. The first-order chi connectivity index (χ1) is 27.0. The van der Waals surface area contributed by atoms with E-state index in [0.29, 0.717) is 19.4 Å². The molecule has 3 heterocycles. The van der Waals surface area contributed by atoms with Gasteiger partial charge in [0.15, 0.2) is 12.6 Å². The Morgan fingerprint density at radius 3 is 2.19 bits per heavy atom. The second-order valence-corrected chi connectivity index (χ2v) is 21.6. The fourth-order valence-electron chi connectivity index (χ4n) is 14.5. The summed E-state index contributed by atoms with van der Waals surface area (Å²) in [6.07, 6.45) is -3.78. The molecule has 0 aromatic heterocycles. The van der Waals surface area contributed by atoms with Crippen LogP contribution >= 0.6 is 0 Å². The van der Waals surface area contributed by atoms with Crippen LogP contribution in [0.4, 0.5) is 0 Å². The van der Waals surface area contributed by atoms with E-state index in [-0.39, 0.29) is 51.4 Å². The molecule has 7 fully saturated rings. The smallest absolute Gasteiger partial charge is 0.302 e. The lowest BCUT2D eigenvalue weighted by Gasteiger charge is -2.73. The van der Waals surface area contributed by atoms with E-state index in [0.717, 1.165) is 38.5 Å². The summed E-state index contributed by atoms with van der Waals surface area (Å²) in [6, 6.07) is 0. The molecule has 0 aromatic rings. The molecule has 330 valence electrons. The zero-order valence-corrected chi connectivity index (χ0v) is 35.6. The lowest BCUT2D eigenvalue weighted by molar-refractivity contribution is -0.367. The first-order valence-electron chi connectivity index (χ1n) is 21.8. The minimum atomic E-state index is -1.76. The van der Waals surface area contributed by atoms with Gasteiger partial charge in [-0.05, 0) is 86.4 Å².